The number of nitrogens with zero attached hydrogens (tertiary/aromatic N) is 1. The highest BCUT2D eigenvalue weighted by Crippen LogP contribution is 2.37. The van der Waals surface area contributed by atoms with Gasteiger partial charge in [0.05, 0.1) is 12.8 Å². The molecule has 1 heterocycles. The van der Waals surface area contributed by atoms with Crippen LogP contribution in [0.2, 0.25) is 0 Å². The van der Waals surface area contributed by atoms with E-state index in [4.69, 9.17) is 15.5 Å². The lowest BCUT2D eigenvalue weighted by atomic mass is 9.90. The predicted molar refractivity (Wildman–Crippen MR) is 85.4 cm³/mol. The molecule has 20 heavy (non-hydrogen) atoms. The zero-order valence-corrected chi connectivity index (χ0v) is 13.5. The lowest BCUT2D eigenvalue weighted by Gasteiger charge is -2.18. The van der Waals surface area contributed by atoms with Gasteiger partial charge in [0.2, 0.25) is 0 Å². The quantitative estimate of drug-likeness (QED) is 0.924. The maximum atomic E-state index is 6.10. The molecule has 1 unspecified atom stereocenters. The van der Waals surface area contributed by atoms with E-state index in [0.29, 0.717) is 0 Å². The molecule has 4 heteroatoms. The van der Waals surface area contributed by atoms with Gasteiger partial charge in [-0.05, 0) is 31.2 Å². The second kappa shape index (κ2) is 5.54. The Hall–Kier alpha value is -1.39. The van der Waals surface area contributed by atoms with Gasteiger partial charge in [0.15, 0.2) is 0 Å². The van der Waals surface area contributed by atoms with E-state index in [-0.39, 0.29) is 11.5 Å². The number of nitrogens with two attached hydrogens (primary N) is 1. The van der Waals surface area contributed by atoms with Crippen molar-refractivity contribution in [2.75, 3.05) is 7.11 Å². The van der Waals surface area contributed by atoms with Crippen molar-refractivity contribution in [3.05, 3.63) is 34.8 Å². The predicted octanol–water partition coefficient (Wildman–Crippen LogP) is 4.14. The van der Waals surface area contributed by atoms with Gasteiger partial charge in [-0.1, -0.05) is 20.8 Å². The number of hydrogen-bond acceptors (Lipinski definition) is 4. The van der Waals surface area contributed by atoms with Crippen molar-refractivity contribution in [1.29, 1.82) is 0 Å². The lowest BCUT2D eigenvalue weighted by Crippen LogP contribution is -2.17. The maximum Gasteiger partial charge on any atom is 0.123 e. The van der Waals surface area contributed by atoms with Gasteiger partial charge < -0.3 is 10.5 Å². The highest BCUT2D eigenvalue weighted by Gasteiger charge is 2.25. The zero-order valence-electron chi connectivity index (χ0n) is 12.7. The summed E-state index contributed by atoms with van der Waals surface area (Å²) in [7, 11) is 1.67. The molecule has 0 saturated heterocycles. The third-order valence-electron chi connectivity index (χ3n) is 3.11. The number of rotatable bonds is 3. The summed E-state index contributed by atoms with van der Waals surface area (Å²) in [4.78, 5) is 6.00. The van der Waals surface area contributed by atoms with Crippen molar-refractivity contribution < 1.29 is 4.74 Å². The molecule has 0 radical (unpaired) electrons. The average Bonchev–Trinajstić information content (AvgIpc) is 2.84. The van der Waals surface area contributed by atoms with Gasteiger partial charge in [-0.25, -0.2) is 4.98 Å². The Kier molecular flexibility index (Phi) is 4.16. The Morgan fingerprint density at radius 3 is 2.20 bits per heavy atom. The monoisotopic (exact) mass is 290 g/mol. The third-order valence-corrected chi connectivity index (χ3v) is 4.42. The summed E-state index contributed by atoms with van der Waals surface area (Å²) in [5, 5.41) is 1.02. The molecule has 2 aromatic rings. The van der Waals surface area contributed by atoms with Gasteiger partial charge in [-0.3, -0.25) is 0 Å². The van der Waals surface area contributed by atoms with Gasteiger partial charge in [-0.15, -0.1) is 11.3 Å². The van der Waals surface area contributed by atoms with Crippen molar-refractivity contribution >= 4 is 11.3 Å². The molecule has 0 bridgehead atoms. The second-order valence-corrected chi connectivity index (χ2v) is 7.03. The van der Waals surface area contributed by atoms with Crippen LogP contribution in [0.3, 0.4) is 0 Å². The number of thiazole rings is 1. The van der Waals surface area contributed by atoms with Crippen LogP contribution in [0, 0.1) is 0 Å². The minimum atomic E-state index is 0.00415. The van der Waals surface area contributed by atoms with Gasteiger partial charge in [-0.2, -0.15) is 0 Å². The Labute approximate surface area is 124 Å². The van der Waals surface area contributed by atoms with Crippen LogP contribution in [-0.4, -0.2) is 12.1 Å². The first-order valence-electron chi connectivity index (χ1n) is 6.74. The van der Waals surface area contributed by atoms with Crippen LogP contribution >= 0.6 is 11.3 Å². The van der Waals surface area contributed by atoms with Gasteiger partial charge >= 0.3 is 0 Å². The summed E-state index contributed by atoms with van der Waals surface area (Å²) in [5.74, 6) is 0.855. The van der Waals surface area contributed by atoms with E-state index in [1.807, 2.05) is 31.2 Å². The van der Waals surface area contributed by atoms with Crippen LogP contribution in [0.15, 0.2) is 24.3 Å². The summed E-state index contributed by atoms with van der Waals surface area (Å²) < 4.78 is 5.19. The van der Waals surface area contributed by atoms with Crippen LogP contribution in [0.5, 0.6) is 5.75 Å². The maximum absolute atomic E-state index is 6.10. The molecule has 0 spiro atoms. The Morgan fingerprint density at radius 1 is 1.20 bits per heavy atom. The number of hydrogen-bond donors (Lipinski definition) is 1. The van der Waals surface area contributed by atoms with E-state index in [1.54, 1.807) is 18.4 Å². The summed E-state index contributed by atoms with van der Waals surface area (Å²) in [6, 6.07) is 8.00. The van der Waals surface area contributed by atoms with E-state index >= 15 is 0 Å². The van der Waals surface area contributed by atoms with E-state index in [2.05, 4.69) is 20.8 Å². The molecule has 2 N–H and O–H groups in total. The third kappa shape index (κ3) is 3.02. The molecule has 1 aromatic heterocycles. The molecule has 1 atom stereocenters. The summed E-state index contributed by atoms with van der Waals surface area (Å²) in [6.07, 6.45) is 0. The van der Waals surface area contributed by atoms with Crippen molar-refractivity contribution in [2.24, 2.45) is 5.73 Å². The van der Waals surface area contributed by atoms with E-state index in [0.717, 1.165) is 22.0 Å². The smallest absolute Gasteiger partial charge is 0.123 e. The first kappa shape index (κ1) is 15.0. The molecule has 108 valence electrons. The molecular weight excluding hydrogens is 268 g/mol. The first-order valence-corrected chi connectivity index (χ1v) is 7.56. The number of methoxy groups -OCH3 is 1. The topological polar surface area (TPSA) is 48.1 Å². The largest absolute Gasteiger partial charge is 0.497 e. The fraction of sp³-hybridized carbons (Fsp3) is 0.438. The zero-order chi connectivity index (χ0) is 14.9. The van der Waals surface area contributed by atoms with E-state index < -0.39 is 0 Å². The SMILES string of the molecule is COc1ccc(-c2nc(C(C)(C)C)c(C(C)N)s2)cc1. The molecular formula is C16H22N2OS. The minimum Gasteiger partial charge on any atom is -0.497 e. The standard InChI is InChI=1S/C16H22N2OS/c1-10(17)13-14(16(2,3)4)18-15(20-13)11-6-8-12(19-5)9-7-11/h6-10H,17H2,1-5H3. The number of ether oxygens (including phenoxy) is 1. The molecule has 0 aliphatic rings. The normalized spacial score (nSPS) is 13.3. The minimum absolute atomic E-state index is 0.00415. The number of benzene rings is 1. The van der Waals surface area contributed by atoms with Gasteiger partial charge in [0, 0.05) is 21.9 Å². The summed E-state index contributed by atoms with van der Waals surface area (Å²) in [6.45, 7) is 8.53. The van der Waals surface area contributed by atoms with E-state index in [1.165, 1.54) is 4.88 Å². The van der Waals surface area contributed by atoms with Crippen LogP contribution in [0.1, 0.15) is 44.3 Å². The van der Waals surface area contributed by atoms with Crippen molar-refractivity contribution in [1.82, 2.24) is 4.98 Å². The second-order valence-electron chi connectivity index (χ2n) is 6.00. The highest BCUT2D eigenvalue weighted by molar-refractivity contribution is 7.15. The van der Waals surface area contributed by atoms with Crippen molar-refractivity contribution in [3.8, 4) is 16.3 Å². The van der Waals surface area contributed by atoms with Crippen LogP contribution in [0.25, 0.3) is 10.6 Å². The molecule has 0 saturated carbocycles. The van der Waals surface area contributed by atoms with E-state index in [9.17, 15) is 0 Å². The van der Waals surface area contributed by atoms with Gasteiger partial charge in [0.1, 0.15) is 10.8 Å². The molecule has 0 aliphatic heterocycles. The van der Waals surface area contributed by atoms with Crippen LogP contribution in [-0.2, 0) is 5.41 Å². The Balaban J connectivity index is 2.47. The Bertz CT molecular complexity index is 580. The molecule has 0 amide bonds. The van der Waals surface area contributed by atoms with Crippen LogP contribution < -0.4 is 10.5 Å². The highest BCUT2D eigenvalue weighted by atomic mass is 32.1. The fourth-order valence-electron chi connectivity index (χ4n) is 2.03. The average molecular weight is 290 g/mol. The molecule has 0 aliphatic carbocycles. The lowest BCUT2D eigenvalue weighted by molar-refractivity contribution is 0.415. The fourth-order valence-corrected chi connectivity index (χ4v) is 3.27. The molecule has 3 nitrogen and oxygen atoms in total. The first-order chi connectivity index (χ1) is 9.32. The van der Waals surface area contributed by atoms with Gasteiger partial charge in [0.25, 0.3) is 0 Å². The molecule has 1 aromatic carbocycles. The van der Waals surface area contributed by atoms with Crippen molar-refractivity contribution in [2.45, 2.75) is 39.2 Å². The molecule has 0 fully saturated rings. The summed E-state index contributed by atoms with van der Waals surface area (Å²) >= 11 is 1.68. The van der Waals surface area contributed by atoms with Crippen molar-refractivity contribution in [3.63, 3.8) is 0 Å². The molecule has 2 rings (SSSR count). The van der Waals surface area contributed by atoms with Crippen LogP contribution in [0.4, 0.5) is 0 Å². The summed E-state index contributed by atoms with van der Waals surface area (Å²) in [5.41, 5.74) is 8.31. The number of aromatic nitrogens is 1. The Morgan fingerprint density at radius 2 is 1.80 bits per heavy atom.